The number of alkyl halides is 2. The van der Waals surface area contributed by atoms with Gasteiger partial charge in [0.2, 0.25) is 5.95 Å². The second-order valence-electron chi connectivity index (χ2n) is 8.56. The normalized spacial score (nSPS) is 23.9. The third kappa shape index (κ3) is 3.62. The van der Waals surface area contributed by atoms with E-state index >= 15 is 0 Å². The molecule has 5 rings (SSSR count). The molecule has 2 aromatic heterocycles. The summed E-state index contributed by atoms with van der Waals surface area (Å²) >= 11 is 0. The van der Waals surface area contributed by atoms with Gasteiger partial charge in [0.05, 0.1) is 0 Å². The van der Waals surface area contributed by atoms with E-state index in [4.69, 9.17) is 10.5 Å². The van der Waals surface area contributed by atoms with E-state index in [-0.39, 0.29) is 23.0 Å². The molecule has 1 saturated heterocycles. The Morgan fingerprint density at radius 2 is 2.13 bits per heavy atom. The van der Waals surface area contributed by atoms with Crippen molar-refractivity contribution in [1.29, 1.82) is 0 Å². The quantitative estimate of drug-likeness (QED) is 0.668. The summed E-state index contributed by atoms with van der Waals surface area (Å²) in [6.07, 6.45) is 0.163. The second kappa shape index (κ2) is 7.44. The number of hydrogen-bond acceptors (Lipinski definition) is 7. The lowest BCUT2D eigenvalue weighted by Gasteiger charge is -2.27. The number of nitrogens with two attached hydrogens (primary N) is 1. The minimum absolute atomic E-state index is 0.0519. The Balaban J connectivity index is 1.42. The number of rotatable bonds is 4. The molecule has 0 spiro atoms. The van der Waals surface area contributed by atoms with Crippen molar-refractivity contribution in [3.63, 3.8) is 0 Å². The first-order valence-corrected chi connectivity index (χ1v) is 10.6. The number of aromatic nitrogens is 4. The Morgan fingerprint density at radius 3 is 2.97 bits per heavy atom. The van der Waals surface area contributed by atoms with Crippen molar-refractivity contribution in [3.8, 4) is 11.5 Å². The average molecular weight is 433 g/mol. The van der Waals surface area contributed by atoms with Crippen molar-refractivity contribution < 1.29 is 23.0 Å². The Hall–Kier alpha value is -2.75. The number of nitrogen functional groups attached to an aromatic ring is 1. The fourth-order valence-electron chi connectivity index (χ4n) is 4.76. The van der Waals surface area contributed by atoms with E-state index in [2.05, 4.69) is 38.4 Å². The minimum atomic E-state index is -3.73. The zero-order valence-corrected chi connectivity index (χ0v) is 17.5. The summed E-state index contributed by atoms with van der Waals surface area (Å²) in [7, 11) is 0. The van der Waals surface area contributed by atoms with Crippen LogP contribution in [0.4, 0.5) is 14.7 Å². The molecule has 3 aromatic rings. The summed E-state index contributed by atoms with van der Waals surface area (Å²) in [6, 6.07) is 3.04. The van der Waals surface area contributed by atoms with Crippen molar-refractivity contribution in [1.82, 2.24) is 19.6 Å². The van der Waals surface area contributed by atoms with Crippen LogP contribution in [0, 0.1) is 17.8 Å². The predicted molar refractivity (Wildman–Crippen MR) is 109 cm³/mol. The monoisotopic (exact) mass is 433 g/mol. The van der Waals surface area contributed by atoms with Crippen LogP contribution in [0.3, 0.4) is 0 Å². The van der Waals surface area contributed by atoms with E-state index in [1.807, 2.05) is 0 Å². The first kappa shape index (κ1) is 20.2. The standard InChI is InChI=1S/C21H25F2N5O3/c1-11(13-4-3-9-29-10-12(13)2)5-8-16-25-19-14-6-7-15-18(31-21(22,23)30-15)17(14)26-20(24)28(19)27-16/h6-7,11-13H,3-5,8-10H2,1-2H3,(H2,24,26). The SMILES string of the molecule is CC(CCc1nc2c3ccc4c(c3nc(N)n2n1)OC(F)(F)O4)C1CCCOCC1C. The highest BCUT2D eigenvalue weighted by Crippen LogP contribution is 2.45. The average Bonchev–Trinajstić information content (AvgIpc) is 3.21. The highest BCUT2D eigenvalue weighted by atomic mass is 19.3. The van der Waals surface area contributed by atoms with E-state index < -0.39 is 6.29 Å². The molecule has 2 aliphatic heterocycles. The number of halogens is 2. The van der Waals surface area contributed by atoms with Crippen molar-refractivity contribution in [2.75, 3.05) is 18.9 Å². The van der Waals surface area contributed by atoms with E-state index in [0.29, 0.717) is 41.0 Å². The molecule has 31 heavy (non-hydrogen) atoms. The number of ether oxygens (including phenoxy) is 3. The number of aryl methyl sites for hydroxylation is 1. The lowest BCUT2D eigenvalue weighted by Crippen LogP contribution is -2.26. The van der Waals surface area contributed by atoms with Gasteiger partial charge in [-0.3, -0.25) is 0 Å². The van der Waals surface area contributed by atoms with Gasteiger partial charge in [0.25, 0.3) is 0 Å². The zero-order valence-electron chi connectivity index (χ0n) is 17.5. The van der Waals surface area contributed by atoms with Crippen LogP contribution in [-0.4, -0.2) is 39.1 Å². The molecule has 2 aliphatic rings. The number of nitrogens with zero attached hydrogens (tertiary/aromatic N) is 4. The molecule has 1 aromatic carbocycles. The summed E-state index contributed by atoms with van der Waals surface area (Å²) in [6.45, 7) is 6.17. The van der Waals surface area contributed by atoms with Gasteiger partial charge in [0.1, 0.15) is 5.52 Å². The Labute approximate surface area is 177 Å². The summed E-state index contributed by atoms with van der Waals surface area (Å²) in [4.78, 5) is 8.87. The molecular weight excluding hydrogens is 408 g/mol. The molecule has 1 fully saturated rings. The molecule has 3 unspecified atom stereocenters. The van der Waals surface area contributed by atoms with Gasteiger partial charge in [-0.1, -0.05) is 13.8 Å². The largest absolute Gasteiger partial charge is 0.586 e. The fourth-order valence-corrected chi connectivity index (χ4v) is 4.76. The first-order chi connectivity index (χ1) is 14.8. The molecule has 10 heteroatoms. The molecule has 4 heterocycles. The Bertz CT molecular complexity index is 1140. The summed E-state index contributed by atoms with van der Waals surface area (Å²) in [5.41, 5.74) is 6.70. The third-order valence-electron chi connectivity index (χ3n) is 6.37. The number of anilines is 1. The van der Waals surface area contributed by atoms with E-state index in [1.165, 1.54) is 17.0 Å². The molecule has 166 valence electrons. The van der Waals surface area contributed by atoms with Crippen LogP contribution in [-0.2, 0) is 11.2 Å². The minimum Gasteiger partial charge on any atom is -0.395 e. The van der Waals surface area contributed by atoms with E-state index in [1.54, 1.807) is 6.07 Å². The van der Waals surface area contributed by atoms with Gasteiger partial charge in [-0.15, -0.1) is 13.9 Å². The van der Waals surface area contributed by atoms with Crippen molar-refractivity contribution >= 4 is 22.5 Å². The van der Waals surface area contributed by atoms with Gasteiger partial charge in [0.15, 0.2) is 23.0 Å². The Kier molecular flexibility index (Phi) is 4.84. The van der Waals surface area contributed by atoms with E-state index in [9.17, 15) is 8.78 Å². The van der Waals surface area contributed by atoms with Crippen LogP contribution in [0.2, 0.25) is 0 Å². The van der Waals surface area contributed by atoms with Crippen LogP contribution in [0.15, 0.2) is 12.1 Å². The third-order valence-corrected chi connectivity index (χ3v) is 6.37. The lowest BCUT2D eigenvalue weighted by atomic mass is 9.79. The molecule has 0 aliphatic carbocycles. The van der Waals surface area contributed by atoms with Crippen LogP contribution in [0.25, 0.3) is 16.6 Å². The van der Waals surface area contributed by atoms with Crippen LogP contribution < -0.4 is 15.2 Å². The Morgan fingerprint density at radius 1 is 1.29 bits per heavy atom. The molecule has 0 amide bonds. The maximum Gasteiger partial charge on any atom is 0.586 e. The van der Waals surface area contributed by atoms with Crippen molar-refractivity contribution in [3.05, 3.63) is 18.0 Å². The van der Waals surface area contributed by atoms with Crippen molar-refractivity contribution in [2.24, 2.45) is 17.8 Å². The molecule has 0 radical (unpaired) electrons. The molecule has 2 N–H and O–H groups in total. The maximum atomic E-state index is 13.5. The first-order valence-electron chi connectivity index (χ1n) is 10.6. The van der Waals surface area contributed by atoms with Gasteiger partial charge in [-0.2, -0.15) is 4.52 Å². The number of fused-ring (bicyclic) bond motifs is 5. The van der Waals surface area contributed by atoms with Gasteiger partial charge in [-0.05, 0) is 49.1 Å². The smallest absolute Gasteiger partial charge is 0.395 e. The highest BCUT2D eigenvalue weighted by molar-refractivity contribution is 5.97. The number of benzene rings is 1. The second-order valence-corrected chi connectivity index (χ2v) is 8.56. The fraction of sp³-hybridized carbons (Fsp3) is 0.571. The van der Waals surface area contributed by atoms with Gasteiger partial charge >= 0.3 is 6.29 Å². The van der Waals surface area contributed by atoms with Gasteiger partial charge < -0.3 is 19.9 Å². The molecule has 0 saturated carbocycles. The molecular formula is C21H25F2N5O3. The molecule has 8 nitrogen and oxygen atoms in total. The van der Waals surface area contributed by atoms with Crippen LogP contribution in [0.1, 0.15) is 38.9 Å². The maximum absolute atomic E-state index is 13.5. The molecule has 3 atom stereocenters. The lowest BCUT2D eigenvalue weighted by molar-refractivity contribution is -0.286. The zero-order chi connectivity index (χ0) is 21.8. The van der Waals surface area contributed by atoms with E-state index in [0.717, 1.165) is 26.1 Å². The topological polar surface area (TPSA) is 96.8 Å². The summed E-state index contributed by atoms with van der Waals surface area (Å²) in [5, 5.41) is 5.04. The molecule has 0 bridgehead atoms. The highest BCUT2D eigenvalue weighted by Gasteiger charge is 2.45. The number of hydrogen-bond donors (Lipinski definition) is 1. The van der Waals surface area contributed by atoms with Crippen LogP contribution >= 0.6 is 0 Å². The van der Waals surface area contributed by atoms with Gasteiger partial charge in [-0.25, -0.2) is 9.97 Å². The predicted octanol–water partition coefficient (Wildman–Crippen LogP) is 3.81. The summed E-state index contributed by atoms with van der Waals surface area (Å²) < 4.78 is 43.3. The van der Waals surface area contributed by atoms with Gasteiger partial charge in [0, 0.05) is 25.0 Å². The van der Waals surface area contributed by atoms with Crippen molar-refractivity contribution in [2.45, 2.75) is 45.8 Å². The van der Waals surface area contributed by atoms with Crippen LogP contribution in [0.5, 0.6) is 11.5 Å². The summed E-state index contributed by atoms with van der Waals surface area (Å²) in [5.74, 6) is 2.12.